The first-order valence-electron chi connectivity index (χ1n) is 4.67. The number of H-pyrrole nitrogens is 1. The molecule has 0 amide bonds. The third-order valence-electron chi connectivity index (χ3n) is 2.13. The van der Waals surface area contributed by atoms with Gasteiger partial charge in [0.05, 0.1) is 0 Å². The molecule has 16 heavy (non-hydrogen) atoms. The van der Waals surface area contributed by atoms with E-state index in [1.54, 1.807) is 12.1 Å². The van der Waals surface area contributed by atoms with Gasteiger partial charge in [-0.05, 0) is 23.8 Å². The van der Waals surface area contributed by atoms with Crippen LogP contribution in [0.4, 0.5) is 4.39 Å². The molecule has 2 rings (SSSR count). The van der Waals surface area contributed by atoms with Crippen LogP contribution in [-0.2, 0) is 6.42 Å². The highest BCUT2D eigenvalue weighted by atomic mass is 19.1. The van der Waals surface area contributed by atoms with E-state index in [-0.39, 0.29) is 11.5 Å². The second kappa shape index (κ2) is 4.14. The lowest BCUT2D eigenvalue weighted by Gasteiger charge is -1.97. The number of nitrogens with one attached hydrogen (secondary N) is 1. The summed E-state index contributed by atoms with van der Waals surface area (Å²) >= 11 is 0. The Kier molecular flexibility index (Phi) is 2.68. The third kappa shape index (κ3) is 2.25. The minimum absolute atomic E-state index is 0.0357. The molecule has 0 atom stereocenters. The molecule has 0 fully saturated rings. The van der Waals surface area contributed by atoms with Crippen molar-refractivity contribution in [3.63, 3.8) is 0 Å². The Bertz CT molecular complexity index is 522. The van der Waals surface area contributed by atoms with Crippen LogP contribution in [0.15, 0.2) is 30.3 Å². The monoisotopic (exact) mass is 220 g/mol. The highest BCUT2D eigenvalue weighted by molar-refractivity contribution is 5.85. The normalized spacial score (nSPS) is 10.3. The van der Waals surface area contributed by atoms with Gasteiger partial charge < -0.3 is 5.11 Å². The fraction of sp³-hybridized carbons (Fsp3) is 0.0909. The van der Waals surface area contributed by atoms with E-state index in [4.69, 9.17) is 5.11 Å². The van der Waals surface area contributed by atoms with Crippen molar-refractivity contribution in [1.29, 1.82) is 0 Å². The van der Waals surface area contributed by atoms with Crippen molar-refractivity contribution >= 4 is 5.97 Å². The van der Waals surface area contributed by atoms with Gasteiger partial charge in [-0.3, -0.25) is 5.10 Å². The van der Waals surface area contributed by atoms with Gasteiger partial charge in [0, 0.05) is 12.1 Å². The molecule has 0 saturated heterocycles. The van der Waals surface area contributed by atoms with Crippen LogP contribution in [-0.4, -0.2) is 21.3 Å². The van der Waals surface area contributed by atoms with E-state index in [1.165, 1.54) is 18.2 Å². The van der Waals surface area contributed by atoms with Crippen LogP contribution < -0.4 is 0 Å². The number of rotatable bonds is 3. The van der Waals surface area contributed by atoms with Gasteiger partial charge in [-0.15, -0.1) is 0 Å². The van der Waals surface area contributed by atoms with E-state index in [0.717, 1.165) is 5.56 Å². The average Bonchev–Trinajstić information content (AvgIpc) is 2.66. The highest BCUT2D eigenvalue weighted by Gasteiger charge is 2.08. The van der Waals surface area contributed by atoms with Crippen molar-refractivity contribution in [2.75, 3.05) is 0 Å². The summed E-state index contributed by atoms with van der Waals surface area (Å²) < 4.78 is 12.9. The predicted molar refractivity (Wildman–Crippen MR) is 54.8 cm³/mol. The van der Waals surface area contributed by atoms with Crippen LogP contribution >= 0.6 is 0 Å². The number of carbonyl (C=O) groups is 1. The molecule has 0 spiro atoms. The highest BCUT2D eigenvalue weighted by Crippen LogP contribution is 2.10. The zero-order valence-electron chi connectivity index (χ0n) is 8.27. The first kappa shape index (κ1) is 10.4. The van der Waals surface area contributed by atoms with Crippen LogP contribution in [0.2, 0.25) is 0 Å². The maximum atomic E-state index is 12.9. The summed E-state index contributed by atoms with van der Waals surface area (Å²) in [7, 11) is 0. The molecule has 5 heteroatoms. The zero-order valence-corrected chi connectivity index (χ0v) is 8.27. The fourth-order valence-electron chi connectivity index (χ4n) is 1.43. The molecular formula is C11H9FN2O2. The van der Waals surface area contributed by atoms with Crippen LogP contribution in [0.25, 0.3) is 0 Å². The standard InChI is InChI=1S/C11H9FN2O2/c12-8-3-1-2-7(4-8)5-9-6-10(11(15)16)14-13-9/h1-4,6H,5H2,(H,13,14)(H,15,16). The van der Waals surface area contributed by atoms with Gasteiger partial charge in [0.1, 0.15) is 5.82 Å². The maximum Gasteiger partial charge on any atom is 0.356 e. The van der Waals surface area contributed by atoms with Gasteiger partial charge >= 0.3 is 5.97 Å². The molecule has 0 aliphatic rings. The summed E-state index contributed by atoms with van der Waals surface area (Å²) in [6.07, 6.45) is 0.429. The number of aromatic nitrogens is 2. The minimum atomic E-state index is -1.08. The van der Waals surface area contributed by atoms with Gasteiger partial charge in [-0.1, -0.05) is 12.1 Å². The fourth-order valence-corrected chi connectivity index (χ4v) is 1.43. The Hall–Kier alpha value is -2.17. The lowest BCUT2D eigenvalue weighted by atomic mass is 10.1. The van der Waals surface area contributed by atoms with E-state index < -0.39 is 5.97 Å². The molecule has 82 valence electrons. The first-order valence-corrected chi connectivity index (χ1v) is 4.67. The van der Waals surface area contributed by atoms with Crippen LogP contribution in [0.1, 0.15) is 21.7 Å². The molecule has 1 aromatic carbocycles. The van der Waals surface area contributed by atoms with E-state index >= 15 is 0 Å². The second-order valence-electron chi connectivity index (χ2n) is 3.39. The number of carboxylic acid groups (broad SMARTS) is 1. The summed E-state index contributed by atoms with van der Waals surface area (Å²) in [5.41, 5.74) is 1.37. The number of halogens is 1. The number of aromatic carboxylic acids is 1. The first-order chi connectivity index (χ1) is 7.65. The molecule has 0 radical (unpaired) electrons. The Balaban J connectivity index is 2.17. The lowest BCUT2D eigenvalue weighted by molar-refractivity contribution is 0.0690. The van der Waals surface area contributed by atoms with Crippen molar-refractivity contribution in [2.45, 2.75) is 6.42 Å². The van der Waals surface area contributed by atoms with E-state index in [9.17, 15) is 9.18 Å². The van der Waals surface area contributed by atoms with Crippen molar-refractivity contribution in [3.05, 3.63) is 53.1 Å². The molecule has 0 aliphatic heterocycles. The van der Waals surface area contributed by atoms with E-state index in [0.29, 0.717) is 12.1 Å². The van der Waals surface area contributed by atoms with Gasteiger partial charge in [0.25, 0.3) is 0 Å². The molecule has 1 heterocycles. The zero-order chi connectivity index (χ0) is 11.5. The average molecular weight is 220 g/mol. The van der Waals surface area contributed by atoms with Crippen molar-refractivity contribution < 1.29 is 14.3 Å². The number of carboxylic acids is 1. The molecular weight excluding hydrogens is 211 g/mol. The summed E-state index contributed by atoms with van der Waals surface area (Å²) in [4.78, 5) is 10.6. The molecule has 2 aromatic rings. The Labute approximate surface area is 90.7 Å². The number of benzene rings is 1. The second-order valence-corrected chi connectivity index (χ2v) is 3.39. The number of aromatic amines is 1. The SMILES string of the molecule is O=C(O)c1cc(Cc2cccc(F)c2)[nH]n1. The summed E-state index contributed by atoms with van der Waals surface area (Å²) in [5, 5.41) is 14.9. The molecule has 0 saturated carbocycles. The van der Waals surface area contributed by atoms with Crippen molar-refractivity contribution in [2.24, 2.45) is 0 Å². The minimum Gasteiger partial charge on any atom is -0.476 e. The smallest absolute Gasteiger partial charge is 0.356 e. The molecule has 0 unspecified atom stereocenters. The molecule has 4 nitrogen and oxygen atoms in total. The van der Waals surface area contributed by atoms with Crippen LogP contribution in [0, 0.1) is 5.82 Å². The number of nitrogens with zero attached hydrogens (tertiary/aromatic N) is 1. The Morgan fingerprint density at radius 2 is 2.25 bits per heavy atom. The van der Waals surface area contributed by atoms with Gasteiger partial charge in [0.2, 0.25) is 0 Å². The third-order valence-corrected chi connectivity index (χ3v) is 2.13. The molecule has 0 aliphatic carbocycles. The van der Waals surface area contributed by atoms with E-state index in [2.05, 4.69) is 10.2 Å². The lowest BCUT2D eigenvalue weighted by Crippen LogP contribution is -1.95. The Morgan fingerprint density at radius 3 is 2.88 bits per heavy atom. The topological polar surface area (TPSA) is 66.0 Å². The molecule has 0 bridgehead atoms. The summed E-state index contributed by atoms with van der Waals surface area (Å²) in [6, 6.07) is 7.58. The summed E-state index contributed by atoms with van der Waals surface area (Å²) in [6.45, 7) is 0. The Morgan fingerprint density at radius 1 is 1.44 bits per heavy atom. The largest absolute Gasteiger partial charge is 0.476 e. The maximum absolute atomic E-state index is 12.9. The number of hydrogen-bond acceptors (Lipinski definition) is 2. The quantitative estimate of drug-likeness (QED) is 0.829. The summed E-state index contributed by atoms with van der Waals surface area (Å²) in [5.74, 6) is -1.39. The molecule has 1 aromatic heterocycles. The van der Waals surface area contributed by atoms with Crippen molar-refractivity contribution in [3.8, 4) is 0 Å². The van der Waals surface area contributed by atoms with Crippen molar-refractivity contribution in [1.82, 2.24) is 10.2 Å². The van der Waals surface area contributed by atoms with Crippen LogP contribution in [0.5, 0.6) is 0 Å². The van der Waals surface area contributed by atoms with Gasteiger partial charge in [0.15, 0.2) is 5.69 Å². The predicted octanol–water partition coefficient (Wildman–Crippen LogP) is 1.84. The van der Waals surface area contributed by atoms with Gasteiger partial charge in [-0.25, -0.2) is 9.18 Å². The van der Waals surface area contributed by atoms with Crippen LogP contribution in [0.3, 0.4) is 0 Å². The number of hydrogen-bond donors (Lipinski definition) is 2. The molecule has 2 N–H and O–H groups in total. The van der Waals surface area contributed by atoms with Gasteiger partial charge in [-0.2, -0.15) is 5.10 Å². The van der Waals surface area contributed by atoms with E-state index in [1.807, 2.05) is 0 Å².